The van der Waals surface area contributed by atoms with Crippen LogP contribution in [0.15, 0.2) is 12.1 Å². The van der Waals surface area contributed by atoms with Crippen molar-refractivity contribution in [2.75, 3.05) is 5.32 Å². The second-order valence-electron chi connectivity index (χ2n) is 4.93. The Kier molecular flexibility index (Phi) is 3.37. The highest BCUT2D eigenvalue weighted by Gasteiger charge is 2.14. The largest absolute Gasteiger partial charge is 0.508 e. The molecule has 2 N–H and O–H groups in total. The SMILES string of the molecule is Cc1cc(NC2CCCCC2)c(C)cc1O. The van der Waals surface area contributed by atoms with E-state index in [4.69, 9.17) is 0 Å². The van der Waals surface area contributed by atoms with Gasteiger partial charge >= 0.3 is 0 Å². The summed E-state index contributed by atoms with van der Waals surface area (Å²) in [5, 5.41) is 13.2. The Morgan fingerprint density at radius 1 is 1.06 bits per heavy atom. The van der Waals surface area contributed by atoms with E-state index in [-0.39, 0.29) is 0 Å². The molecule has 1 aromatic rings. The lowest BCUT2D eigenvalue weighted by atomic mass is 9.95. The number of phenols is 1. The molecule has 2 heteroatoms. The van der Waals surface area contributed by atoms with Crippen molar-refractivity contribution in [2.45, 2.75) is 52.0 Å². The van der Waals surface area contributed by atoms with E-state index < -0.39 is 0 Å². The molecule has 0 aliphatic heterocycles. The van der Waals surface area contributed by atoms with Crippen LogP contribution in [0.4, 0.5) is 5.69 Å². The van der Waals surface area contributed by atoms with Crippen LogP contribution in [0.25, 0.3) is 0 Å². The van der Waals surface area contributed by atoms with Gasteiger partial charge in [0.1, 0.15) is 5.75 Å². The maximum absolute atomic E-state index is 9.60. The van der Waals surface area contributed by atoms with Gasteiger partial charge in [-0.05, 0) is 49.9 Å². The molecule has 88 valence electrons. The first-order valence-electron chi connectivity index (χ1n) is 6.23. The Labute approximate surface area is 97.7 Å². The lowest BCUT2D eigenvalue weighted by Crippen LogP contribution is -2.22. The number of hydrogen-bond acceptors (Lipinski definition) is 2. The number of aromatic hydroxyl groups is 1. The van der Waals surface area contributed by atoms with E-state index in [1.165, 1.54) is 37.8 Å². The molecule has 1 fully saturated rings. The Balaban J connectivity index is 2.11. The van der Waals surface area contributed by atoms with Gasteiger partial charge in [-0.25, -0.2) is 0 Å². The first-order valence-corrected chi connectivity index (χ1v) is 6.23. The highest BCUT2D eigenvalue weighted by atomic mass is 16.3. The summed E-state index contributed by atoms with van der Waals surface area (Å²) < 4.78 is 0. The number of anilines is 1. The van der Waals surface area contributed by atoms with E-state index in [0.29, 0.717) is 11.8 Å². The molecule has 0 bridgehead atoms. The summed E-state index contributed by atoms with van der Waals surface area (Å²) in [6, 6.07) is 4.52. The van der Waals surface area contributed by atoms with Crippen LogP contribution in [0.5, 0.6) is 5.75 Å². The van der Waals surface area contributed by atoms with E-state index >= 15 is 0 Å². The van der Waals surface area contributed by atoms with Gasteiger partial charge in [0.25, 0.3) is 0 Å². The predicted molar refractivity (Wildman–Crippen MR) is 68.1 cm³/mol. The summed E-state index contributed by atoms with van der Waals surface area (Å²) in [6.45, 7) is 3.99. The molecular formula is C14H21NO. The zero-order chi connectivity index (χ0) is 11.5. The molecule has 0 spiro atoms. The molecule has 0 unspecified atom stereocenters. The maximum Gasteiger partial charge on any atom is 0.118 e. The van der Waals surface area contributed by atoms with E-state index in [1.807, 2.05) is 19.9 Å². The lowest BCUT2D eigenvalue weighted by molar-refractivity contribution is 0.461. The van der Waals surface area contributed by atoms with Gasteiger partial charge < -0.3 is 10.4 Å². The van der Waals surface area contributed by atoms with Gasteiger partial charge in [-0.15, -0.1) is 0 Å². The van der Waals surface area contributed by atoms with Crippen LogP contribution in [0.1, 0.15) is 43.2 Å². The quantitative estimate of drug-likeness (QED) is 0.742. The van der Waals surface area contributed by atoms with E-state index in [0.717, 1.165) is 11.1 Å². The molecule has 0 amide bonds. The highest BCUT2D eigenvalue weighted by Crippen LogP contribution is 2.28. The Hall–Kier alpha value is -1.18. The third-order valence-corrected chi connectivity index (χ3v) is 3.51. The smallest absolute Gasteiger partial charge is 0.118 e. The average Bonchev–Trinajstić information content (AvgIpc) is 2.27. The number of aryl methyl sites for hydroxylation is 2. The molecule has 0 radical (unpaired) electrons. The van der Waals surface area contributed by atoms with Gasteiger partial charge in [0, 0.05) is 11.7 Å². The minimum Gasteiger partial charge on any atom is -0.508 e. The topological polar surface area (TPSA) is 32.3 Å². The molecule has 0 aromatic heterocycles. The molecule has 1 aliphatic carbocycles. The van der Waals surface area contributed by atoms with E-state index in [1.54, 1.807) is 0 Å². The van der Waals surface area contributed by atoms with E-state index in [9.17, 15) is 5.11 Å². The van der Waals surface area contributed by atoms with Crippen molar-refractivity contribution in [1.82, 2.24) is 0 Å². The van der Waals surface area contributed by atoms with Crippen molar-refractivity contribution in [1.29, 1.82) is 0 Å². The average molecular weight is 219 g/mol. The Morgan fingerprint density at radius 3 is 2.44 bits per heavy atom. The maximum atomic E-state index is 9.60. The zero-order valence-corrected chi connectivity index (χ0v) is 10.2. The fourth-order valence-corrected chi connectivity index (χ4v) is 2.42. The number of nitrogens with one attached hydrogen (secondary N) is 1. The van der Waals surface area contributed by atoms with Crippen LogP contribution in [-0.2, 0) is 0 Å². The second kappa shape index (κ2) is 4.77. The van der Waals surface area contributed by atoms with Crippen molar-refractivity contribution in [2.24, 2.45) is 0 Å². The van der Waals surface area contributed by atoms with Gasteiger partial charge in [0.15, 0.2) is 0 Å². The van der Waals surface area contributed by atoms with Gasteiger partial charge in [-0.1, -0.05) is 19.3 Å². The molecule has 2 nitrogen and oxygen atoms in total. The molecule has 0 atom stereocenters. The first-order chi connectivity index (χ1) is 7.66. The van der Waals surface area contributed by atoms with Crippen LogP contribution >= 0.6 is 0 Å². The fraction of sp³-hybridized carbons (Fsp3) is 0.571. The Bertz CT molecular complexity index is 367. The van der Waals surface area contributed by atoms with Crippen LogP contribution in [0.3, 0.4) is 0 Å². The number of phenolic OH excluding ortho intramolecular Hbond substituents is 1. The summed E-state index contributed by atoms with van der Waals surface area (Å²) in [4.78, 5) is 0. The summed E-state index contributed by atoms with van der Waals surface area (Å²) in [5.74, 6) is 0.395. The lowest BCUT2D eigenvalue weighted by Gasteiger charge is -2.25. The van der Waals surface area contributed by atoms with Crippen molar-refractivity contribution < 1.29 is 5.11 Å². The molecule has 2 rings (SSSR count). The van der Waals surface area contributed by atoms with Crippen molar-refractivity contribution in [3.05, 3.63) is 23.3 Å². The monoisotopic (exact) mass is 219 g/mol. The Morgan fingerprint density at radius 2 is 1.75 bits per heavy atom. The summed E-state index contributed by atoms with van der Waals surface area (Å²) in [7, 11) is 0. The number of rotatable bonds is 2. The third kappa shape index (κ3) is 2.49. The third-order valence-electron chi connectivity index (χ3n) is 3.51. The van der Waals surface area contributed by atoms with Crippen LogP contribution in [-0.4, -0.2) is 11.1 Å². The minimum atomic E-state index is 0.395. The van der Waals surface area contributed by atoms with Gasteiger partial charge in [-0.2, -0.15) is 0 Å². The molecule has 0 saturated heterocycles. The van der Waals surface area contributed by atoms with Crippen LogP contribution in [0, 0.1) is 13.8 Å². The van der Waals surface area contributed by atoms with E-state index in [2.05, 4.69) is 11.4 Å². The van der Waals surface area contributed by atoms with Crippen LogP contribution in [0.2, 0.25) is 0 Å². The van der Waals surface area contributed by atoms with Crippen molar-refractivity contribution in [3.63, 3.8) is 0 Å². The van der Waals surface area contributed by atoms with Gasteiger partial charge in [-0.3, -0.25) is 0 Å². The molecule has 1 aliphatic rings. The highest BCUT2D eigenvalue weighted by molar-refractivity contribution is 5.57. The molecule has 0 heterocycles. The van der Waals surface area contributed by atoms with Crippen molar-refractivity contribution in [3.8, 4) is 5.75 Å². The summed E-state index contributed by atoms with van der Waals surface area (Å²) in [6.07, 6.45) is 6.62. The van der Waals surface area contributed by atoms with Crippen LogP contribution < -0.4 is 5.32 Å². The molecular weight excluding hydrogens is 198 g/mol. The second-order valence-corrected chi connectivity index (χ2v) is 4.93. The molecule has 16 heavy (non-hydrogen) atoms. The molecule has 1 aromatic carbocycles. The predicted octanol–water partition coefficient (Wildman–Crippen LogP) is 3.75. The normalized spacial score (nSPS) is 17.4. The van der Waals surface area contributed by atoms with Crippen molar-refractivity contribution >= 4 is 5.69 Å². The number of benzene rings is 1. The standard InChI is InChI=1S/C14H21NO/c1-10-9-14(16)11(2)8-13(10)15-12-6-4-3-5-7-12/h8-9,12,15-16H,3-7H2,1-2H3. The van der Waals surface area contributed by atoms with Gasteiger partial charge in [0.2, 0.25) is 0 Å². The first kappa shape index (κ1) is 11.3. The molecule has 1 saturated carbocycles. The zero-order valence-electron chi connectivity index (χ0n) is 10.2. The fourth-order valence-electron chi connectivity index (χ4n) is 2.42. The minimum absolute atomic E-state index is 0.395. The summed E-state index contributed by atoms with van der Waals surface area (Å²) in [5.41, 5.74) is 3.26. The summed E-state index contributed by atoms with van der Waals surface area (Å²) >= 11 is 0. The van der Waals surface area contributed by atoms with Gasteiger partial charge in [0.05, 0.1) is 0 Å². The number of hydrogen-bond donors (Lipinski definition) is 2.